The standard InChI is InChI=1S/C15H21NO6/c1-9(17)14(15(19)20)16-13(18)7-5-10-4-6-11(21-2)12(8-10)22-3/h4,6,8-9,14,17H,5,7H2,1-3H3,(H,16,18)(H,19,20). The second kappa shape index (κ2) is 8.23. The number of carboxylic acids is 1. The first-order valence-electron chi connectivity index (χ1n) is 6.80. The number of aliphatic hydroxyl groups is 1. The minimum absolute atomic E-state index is 0.103. The van der Waals surface area contributed by atoms with E-state index in [1.165, 1.54) is 21.1 Å². The summed E-state index contributed by atoms with van der Waals surface area (Å²) >= 11 is 0. The summed E-state index contributed by atoms with van der Waals surface area (Å²) < 4.78 is 10.3. The van der Waals surface area contributed by atoms with E-state index < -0.39 is 24.0 Å². The van der Waals surface area contributed by atoms with Gasteiger partial charge in [0, 0.05) is 6.42 Å². The van der Waals surface area contributed by atoms with Gasteiger partial charge < -0.3 is 25.0 Å². The van der Waals surface area contributed by atoms with Gasteiger partial charge in [0.05, 0.1) is 20.3 Å². The molecule has 7 heteroatoms. The van der Waals surface area contributed by atoms with E-state index in [1.54, 1.807) is 18.2 Å². The van der Waals surface area contributed by atoms with E-state index in [2.05, 4.69) is 5.32 Å². The Balaban J connectivity index is 2.62. The summed E-state index contributed by atoms with van der Waals surface area (Å²) in [6, 6.07) is 3.99. The number of methoxy groups -OCH3 is 2. The molecule has 1 rings (SSSR count). The van der Waals surface area contributed by atoms with Crippen LogP contribution in [0.2, 0.25) is 0 Å². The Bertz CT molecular complexity index is 529. The predicted octanol–water partition coefficient (Wildman–Crippen LogP) is 0.587. The smallest absolute Gasteiger partial charge is 0.328 e. The predicted molar refractivity (Wildman–Crippen MR) is 79.1 cm³/mol. The zero-order valence-corrected chi connectivity index (χ0v) is 12.8. The Morgan fingerprint density at radius 1 is 1.23 bits per heavy atom. The van der Waals surface area contributed by atoms with Crippen LogP contribution in [0.15, 0.2) is 18.2 Å². The number of aliphatic carboxylic acids is 1. The number of carbonyl (C=O) groups excluding carboxylic acids is 1. The molecule has 122 valence electrons. The van der Waals surface area contributed by atoms with Crippen LogP contribution in [0.4, 0.5) is 0 Å². The van der Waals surface area contributed by atoms with Gasteiger partial charge in [-0.1, -0.05) is 6.07 Å². The summed E-state index contributed by atoms with van der Waals surface area (Å²) in [5.74, 6) is -0.555. The molecule has 0 radical (unpaired) electrons. The lowest BCUT2D eigenvalue weighted by Gasteiger charge is -2.17. The molecular formula is C15H21NO6. The van der Waals surface area contributed by atoms with E-state index in [9.17, 15) is 14.7 Å². The van der Waals surface area contributed by atoms with Gasteiger partial charge in [0.15, 0.2) is 17.5 Å². The molecule has 2 atom stereocenters. The molecule has 0 aromatic heterocycles. The Kier molecular flexibility index (Phi) is 6.65. The van der Waals surface area contributed by atoms with Crippen molar-refractivity contribution in [3.63, 3.8) is 0 Å². The number of amides is 1. The highest BCUT2D eigenvalue weighted by molar-refractivity contribution is 5.84. The van der Waals surface area contributed by atoms with E-state index in [0.29, 0.717) is 17.9 Å². The summed E-state index contributed by atoms with van der Waals surface area (Å²) in [7, 11) is 3.06. The van der Waals surface area contributed by atoms with Crippen LogP contribution in [0.25, 0.3) is 0 Å². The van der Waals surface area contributed by atoms with Crippen molar-refractivity contribution >= 4 is 11.9 Å². The SMILES string of the molecule is COc1ccc(CCC(=O)NC(C(=O)O)C(C)O)cc1OC. The molecule has 0 heterocycles. The van der Waals surface area contributed by atoms with Crippen molar-refractivity contribution in [2.24, 2.45) is 0 Å². The molecule has 0 aliphatic heterocycles. The first-order valence-corrected chi connectivity index (χ1v) is 6.80. The van der Waals surface area contributed by atoms with Crippen LogP contribution < -0.4 is 14.8 Å². The first-order chi connectivity index (χ1) is 10.4. The first kappa shape index (κ1) is 17.8. The summed E-state index contributed by atoms with van der Waals surface area (Å²) in [6.45, 7) is 1.31. The van der Waals surface area contributed by atoms with Crippen LogP contribution >= 0.6 is 0 Å². The normalized spacial score (nSPS) is 13.1. The molecule has 0 aliphatic carbocycles. The molecule has 0 bridgehead atoms. The molecular weight excluding hydrogens is 290 g/mol. The number of hydrogen-bond donors (Lipinski definition) is 3. The molecule has 0 saturated carbocycles. The Morgan fingerprint density at radius 2 is 1.86 bits per heavy atom. The van der Waals surface area contributed by atoms with Gasteiger partial charge in [-0.2, -0.15) is 0 Å². The van der Waals surface area contributed by atoms with Crippen LogP contribution in [-0.2, 0) is 16.0 Å². The summed E-state index contributed by atoms with van der Waals surface area (Å²) in [5.41, 5.74) is 0.858. The molecule has 1 aromatic rings. The highest BCUT2D eigenvalue weighted by Crippen LogP contribution is 2.27. The fourth-order valence-corrected chi connectivity index (χ4v) is 1.93. The molecule has 3 N–H and O–H groups in total. The summed E-state index contributed by atoms with van der Waals surface area (Å²) in [6.07, 6.45) is -0.646. The van der Waals surface area contributed by atoms with Crippen LogP contribution in [0.1, 0.15) is 18.9 Å². The third-order valence-electron chi connectivity index (χ3n) is 3.15. The van der Waals surface area contributed by atoms with E-state index in [4.69, 9.17) is 14.6 Å². The molecule has 0 saturated heterocycles. The second-order valence-corrected chi connectivity index (χ2v) is 4.81. The zero-order chi connectivity index (χ0) is 16.7. The number of hydrogen-bond acceptors (Lipinski definition) is 5. The van der Waals surface area contributed by atoms with Crippen molar-refractivity contribution in [1.82, 2.24) is 5.32 Å². The van der Waals surface area contributed by atoms with Crippen LogP contribution in [0.3, 0.4) is 0 Å². The minimum Gasteiger partial charge on any atom is -0.493 e. The largest absolute Gasteiger partial charge is 0.493 e. The number of benzene rings is 1. The zero-order valence-electron chi connectivity index (χ0n) is 12.8. The van der Waals surface area contributed by atoms with E-state index in [-0.39, 0.29) is 6.42 Å². The van der Waals surface area contributed by atoms with Crippen LogP contribution in [0.5, 0.6) is 11.5 Å². The van der Waals surface area contributed by atoms with E-state index in [0.717, 1.165) is 5.56 Å². The van der Waals surface area contributed by atoms with Gasteiger partial charge in [-0.05, 0) is 31.0 Å². The highest BCUT2D eigenvalue weighted by atomic mass is 16.5. The minimum atomic E-state index is -1.31. The number of nitrogens with one attached hydrogen (secondary N) is 1. The van der Waals surface area contributed by atoms with Crippen molar-refractivity contribution in [3.8, 4) is 11.5 Å². The van der Waals surface area contributed by atoms with Gasteiger partial charge in [-0.25, -0.2) is 4.79 Å². The van der Waals surface area contributed by atoms with Gasteiger partial charge >= 0.3 is 5.97 Å². The third kappa shape index (κ3) is 4.92. The lowest BCUT2D eigenvalue weighted by Crippen LogP contribution is -2.47. The Hall–Kier alpha value is -2.28. The maximum atomic E-state index is 11.8. The molecule has 22 heavy (non-hydrogen) atoms. The van der Waals surface area contributed by atoms with Crippen molar-refractivity contribution in [2.75, 3.05) is 14.2 Å². The fourth-order valence-electron chi connectivity index (χ4n) is 1.93. The van der Waals surface area contributed by atoms with Crippen molar-refractivity contribution in [3.05, 3.63) is 23.8 Å². The van der Waals surface area contributed by atoms with Crippen molar-refractivity contribution < 1.29 is 29.3 Å². The lowest BCUT2D eigenvalue weighted by molar-refractivity contribution is -0.144. The molecule has 2 unspecified atom stereocenters. The molecule has 1 amide bonds. The summed E-state index contributed by atoms with van der Waals surface area (Å²) in [4.78, 5) is 22.7. The van der Waals surface area contributed by atoms with Gasteiger partial charge in [0.25, 0.3) is 0 Å². The third-order valence-corrected chi connectivity index (χ3v) is 3.15. The molecule has 0 aliphatic rings. The van der Waals surface area contributed by atoms with Crippen LogP contribution in [0, 0.1) is 0 Å². The lowest BCUT2D eigenvalue weighted by atomic mass is 10.1. The average molecular weight is 311 g/mol. The highest BCUT2D eigenvalue weighted by Gasteiger charge is 2.24. The maximum absolute atomic E-state index is 11.8. The Labute approximate surface area is 128 Å². The van der Waals surface area contributed by atoms with Crippen molar-refractivity contribution in [1.29, 1.82) is 0 Å². The average Bonchev–Trinajstić information content (AvgIpc) is 2.49. The number of rotatable bonds is 8. The summed E-state index contributed by atoms with van der Waals surface area (Å²) in [5, 5.41) is 20.5. The van der Waals surface area contributed by atoms with E-state index >= 15 is 0 Å². The quantitative estimate of drug-likeness (QED) is 0.649. The topological polar surface area (TPSA) is 105 Å². The maximum Gasteiger partial charge on any atom is 0.328 e. The number of carbonyl (C=O) groups is 2. The number of aryl methyl sites for hydroxylation is 1. The van der Waals surface area contributed by atoms with Gasteiger partial charge in [0.2, 0.25) is 5.91 Å². The number of ether oxygens (including phenoxy) is 2. The van der Waals surface area contributed by atoms with Gasteiger partial charge in [-0.15, -0.1) is 0 Å². The van der Waals surface area contributed by atoms with E-state index in [1.807, 2.05) is 0 Å². The molecule has 7 nitrogen and oxygen atoms in total. The fraction of sp³-hybridized carbons (Fsp3) is 0.467. The molecule has 0 fully saturated rings. The Morgan fingerprint density at radius 3 is 2.36 bits per heavy atom. The van der Waals surface area contributed by atoms with Crippen LogP contribution in [-0.4, -0.2) is 48.5 Å². The van der Waals surface area contributed by atoms with Gasteiger partial charge in [-0.3, -0.25) is 4.79 Å². The monoisotopic (exact) mass is 311 g/mol. The molecule has 0 spiro atoms. The molecule has 1 aromatic carbocycles. The second-order valence-electron chi connectivity index (χ2n) is 4.81. The number of carboxylic acid groups (broad SMARTS) is 1. The number of aliphatic hydroxyl groups excluding tert-OH is 1. The van der Waals surface area contributed by atoms with Crippen molar-refractivity contribution in [2.45, 2.75) is 31.9 Å². The van der Waals surface area contributed by atoms with Gasteiger partial charge in [0.1, 0.15) is 0 Å².